The van der Waals surface area contributed by atoms with Gasteiger partial charge in [0.15, 0.2) is 23.0 Å². The maximum Gasteiger partial charge on any atom is 0.161 e. The van der Waals surface area contributed by atoms with Gasteiger partial charge in [-0.2, -0.15) is 0 Å². The molecule has 2 aromatic carbocycles. The molecule has 0 saturated carbocycles. The van der Waals surface area contributed by atoms with E-state index in [-0.39, 0.29) is 0 Å². The van der Waals surface area contributed by atoms with Gasteiger partial charge < -0.3 is 18.9 Å². The number of fused-ring (bicyclic) bond motifs is 2. The lowest BCUT2D eigenvalue weighted by atomic mass is 9.88. The number of nitrogens with zero attached hydrogens (tertiary/aromatic N) is 2. The summed E-state index contributed by atoms with van der Waals surface area (Å²) in [5, 5.41) is 0. The van der Waals surface area contributed by atoms with Crippen molar-refractivity contribution in [1.82, 2.24) is 0 Å². The molecule has 0 saturated heterocycles. The number of rotatable bonds is 5. The maximum absolute atomic E-state index is 5.52. The first-order valence-corrected chi connectivity index (χ1v) is 9.30. The third-order valence-corrected chi connectivity index (χ3v) is 5.26. The molecule has 0 amide bonds. The van der Waals surface area contributed by atoms with Crippen molar-refractivity contribution in [2.75, 3.05) is 41.5 Å². The topological polar surface area (TPSA) is 61.6 Å². The molecule has 0 N–H and O–H groups in total. The molecule has 2 heterocycles. The Balaban J connectivity index is 1.84. The van der Waals surface area contributed by atoms with Gasteiger partial charge >= 0.3 is 0 Å². The second kappa shape index (κ2) is 7.54. The predicted octanol–water partition coefficient (Wildman–Crippen LogP) is 3.11. The molecule has 0 aliphatic carbocycles. The number of ether oxygens (including phenoxy) is 4. The molecule has 2 aromatic rings. The van der Waals surface area contributed by atoms with Crippen LogP contribution in [0, 0.1) is 0 Å². The lowest BCUT2D eigenvalue weighted by Gasteiger charge is -2.24. The largest absolute Gasteiger partial charge is 0.493 e. The first-order chi connectivity index (χ1) is 13.7. The van der Waals surface area contributed by atoms with E-state index in [1.165, 1.54) is 11.1 Å². The summed E-state index contributed by atoms with van der Waals surface area (Å²) in [5.41, 5.74) is 6.28. The number of methoxy groups -OCH3 is 4. The van der Waals surface area contributed by atoms with Gasteiger partial charge in [-0.25, -0.2) is 0 Å². The Kier molecular flexibility index (Phi) is 4.94. The van der Waals surface area contributed by atoms with E-state index in [4.69, 9.17) is 28.9 Å². The highest BCUT2D eigenvalue weighted by molar-refractivity contribution is 6.54. The third kappa shape index (κ3) is 2.99. The number of hydrogen-bond donors (Lipinski definition) is 0. The van der Waals surface area contributed by atoms with Crippen molar-refractivity contribution in [3.05, 3.63) is 46.5 Å². The molecule has 6 heteroatoms. The lowest BCUT2D eigenvalue weighted by molar-refractivity contribution is 0.354. The van der Waals surface area contributed by atoms with Crippen LogP contribution < -0.4 is 18.9 Å². The molecule has 0 atom stereocenters. The van der Waals surface area contributed by atoms with Gasteiger partial charge in [0, 0.05) is 24.2 Å². The van der Waals surface area contributed by atoms with Gasteiger partial charge in [-0.05, 0) is 48.2 Å². The molecule has 0 unspecified atom stereocenters. The number of hydrogen-bond acceptors (Lipinski definition) is 6. The predicted molar refractivity (Wildman–Crippen MR) is 109 cm³/mol. The Morgan fingerprint density at radius 2 is 0.929 bits per heavy atom. The summed E-state index contributed by atoms with van der Waals surface area (Å²) in [7, 11) is 6.61. The molecular weight excluding hydrogens is 356 g/mol. The van der Waals surface area contributed by atoms with Crippen molar-refractivity contribution in [3.63, 3.8) is 0 Å². The van der Waals surface area contributed by atoms with E-state index in [0.29, 0.717) is 11.5 Å². The summed E-state index contributed by atoms with van der Waals surface area (Å²) >= 11 is 0. The van der Waals surface area contributed by atoms with E-state index in [1.807, 2.05) is 24.3 Å². The highest BCUT2D eigenvalue weighted by atomic mass is 16.5. The smallest absolute Gasteiger partial charge is 0.161 e. The van der Waals surface area contributed by atoms with E-state index in [0.717, 1.165) is 60.0 Å². The van der Waals surface area contributed by atoms with E-state index in [1.54, 1.807) is 28.4 Å². The van der Waals surface area contributed by atoms with Crippen molar-refractivity contribution in [1.29, 1.82) is 0 Å². The second-order valence-corrected chi connectivity index (χ2v) is 6.69. The Morgan fingerprint density at radius 3 is 1.29 bits per heavy atom. The zero-order chi connectivity index (χ0) is 19.7. The van der Waals surface area contributed by atoms with E-state index >= 15 is 0 Å². The Bertz CT molecular complexity index is 899. The molecule has 0 radical (unpaired) electrons. The van der Waals surface area contributed by atoms with Gasteiger partial charge in [0.05, 0.1) is 39.9 Å². The summed E-state index contributed by atoms with van der Waals surface area (Å²) < 4.78 is 22.0. The normalized spacial score (nSPS) is 15.0. The molecule has 4 rings (SSSR count). The molecule has 0 aromatic heterocycles. The van der Waals surface area contributed by atoms with Crippen molar-refractivity contribution in [2.45, 2.75) is 12.8 Å². The minimum atomic E-state index is 0.694. The zero-order valence-corrected chi connectivity index (χ0v) is 16.7. The van der Waals surface area contributed by atoms with Crippen LogP contribution in [-0.2, 0) is 12.8 Å². The summed E-state index contributed by atoms with van der Waals surface area (Å²) in [6.07, 6.45) is 1.73. The van der Waals surface area contributed by atoms with Gasteiger partial charge in [0.25, 0.3) is 0 Å². The molecular formula is C22H24N2O4. The number of aliphatic imine (C=N–C) groups is 2. The minimum absolute atomic E-state index is 0.694. The van der Waals surface area contributed by atoms with Gasteiger partial charge in [0.1, 0.15) is 0 Å². The van der Waals surface area contributed by atoms with Gasteiger partial charge in [0.2, 0.25) is 0 Å². The molecule has 2 aliphatic heterocycles. The Hall–Kier alpha value is -3.02. The van der Waals surface area contributed by atoms with Crippen LogP contribution in [-0.4, -0.2) is 53.0 Å². The van der Waals surface area contributed by atoms with Crippen LogP contribution in [0.2, 0.25) is 0 Å². The highest BCUT2D eigenvalue weighted by Crippen LogP contribution is 2.36. The fraction of sp³-hybridized carbons (Fsp3) is 0.364. The molecule has 6 nitrogen and oxygen atoms in total. The average Bonchev–Trinajstić information content (AvgIpc) is 2.76. The molecule has 146 valence electrons. The highest BCUT2D eigenvalue weighted by Gasteiger charge is 2.27. The lowest BCUT2D eigenvalue weighted by Crippen LogP contribution is -2.27. The third-order valence-electron chi connectivity index (χ3n) is 5.26. The fourth-order valence-corrected chi connectivity index (χ4v) is 3.85. The van der Waals surface area contributed by atoms with Crippen LogP contribution in [0.3, 0.4) is 0 Å². The van der Waals surface area contributed by atoms with Crippen molar-refractivity contribution >= 4 is 11.4 Å². The summed E-state index contributed by atoms with van der Waals surface area (Å²) in [5.74, 6) is 2.86. The SMILES string of the molecule is COc1cc2c(cc1OC)C(C1=NCCc3cc(OC)c(OC)cc31)=NCC2. The van der Waals surface area contributed by atoms with Crippen LogP contribution >= 0.6 is 0 Å². The van der Waals surface area contributed by atoms with E-state index in [2.05, 4.69) is 0 Å². The van der Waals surface area contributed by atoms with Crippen molar-refractivity contribution < 1.29 is 18.9 Å². The van der Waals surface area contributed by atoms with Crippen LogP contribution in [0.4, 0.5) is 0 Å². The molecule has 0 bridgehead atoms. The molecule has 2 aliphatic rings. The molecule has 0 fully saturated rings. The maximum atomic E-state index is 5.52. The van der Waals surface area contributed by atoms with Crippen molar-refractivity contribution in [2.24, 2.45) is 9.98 Å². The first-order valence-electron chi connectivity index (χ1n) is 9.30. The van der Waals surface area contributed by atoms with E-state index in [9.17, 15) is 0 Å². The zero-order valence-electron chi connectivity index (χ0n) is 16.7. The van der Waals surface area contributed by atoms with Crippen LogP contribution in [0.25, 0.3) is 0 Å². The van der Waals surface area contributed by atoms with E-state index < -0.39 is 0 Å². The minimum Gasteiger partial charge on any atom is -0.493 e. The summed E-state index contributed by atoms with van der Waals surface area (Å²) in [4.78, 5) is 9.68. The summed E-state index contributed by atoms with van der Waals surface area (Å²) in [6, 6.07) is 8.09. The van der Waals surface area contributed by atoms with Crippen LogP contribution in [0.5, 0.6) is 23.0 Å². The molecule has 28 heavy (non-hydrogen) atoms. The van der Waals surface area contributed by atoms with Crippen LogP contribution in [0.1, 0.15) is 22.3 Å². The quantitative estimate of drug-likeness (QED) is 0.800. The summed E-state index contributed by atoms with van der Waals surface area (Å²) in [6.45, 7) is 1.44. The van der Waals surface area contributed by atoms with Crippen molar-refractivity contribution in [3.8, 4) is 23.0 Å². The standard InChI is InChI=1S/C22H24N2O4/c1-25-17-9-13-5-7-23-21(15(13)11-19(17)27-3)22-16-12-20(28-4)18(26-2)10-14(16)6-8-24-22/h9-12H,5-8H2,1-4H3. The first kappa shape index (κ1) is 18.3. The second-order valence-electron chi connectivity index (χ2n) is 6.69. The monoisotopic (exact) mass is 380 g/mol. The fourth-order valence-electron chi connectivity index (χ4n) is 3.85. The average molecular weight is 380 g/mol. The van der Waals surface area contributed by atoms with Crippen LogP contribution in [0.15, 0.2) is 34.3 Å². The Labute approximate surface area is 164 Å². The molecule has 0 spiro atoms. The van der Waals surface area contributed by atoms with Gasteiger partial charge in [-0.3, -0.25) is 9.98 Å². The van der Waals surface area contributed by atoms with Gasteiger partial charge in [-0.1, -0.05) is 0 Å². The number of benzene rings is 2. The Morgan fingerprint density at radius 1 is 0.571 bits per heavy atom. The van der Waals surface area contributed by atoms with Gasteiger partial charge in [-0.15, -0.1) is 0 Å².